The van der Waals surface area contributed by atoms with Crippen LogP contribution in [0.2, 0.25) is 0 Å². The van der Waals surface area contributed by atoms with Crippen molar-refractivity contribution in [1.29, 1.82) is 0 Å². The molecule has 8 nitrogen and oxygen atoms in total. The summed E-state index contributed by atoms with van der Waals surface area (Å²) in [6, 6.07) is 0. The van der Waals surface area contributed by atoms with Crippen LogP contribution in [0.4, 0.5) is 0 Å². The van der Waals surface area contributed by atoms with E-state index in [2.05, 4.69) is 0 Å². The molecule has 100 valence electrons. The Bertz CT molecular complexity index is 250. The second kappa shape index (κ2) is 7.53. The zero-order chi connectivity index (χ0) is 12.1. The lowest BCUT2D eigenvalue weighted by molar-refractivity contribution is -0.658. The molecule has 10 heteroatoms. The third-order valence-electron chi connectivity index (χ3n) is 1.86. The minimum Gasteiger partial charge on any atom is -0.774 e. The van der Waals surface area contributed by atoms with E-state index in [1.165, 1.54) is 0 Å². The number of nitrogens with two attached hydrogens (primary N) is 1. The summed E-state index contributed by atoms with van der Waals surface area (Å²) in [5, 5.41) is 0.976. The lowest BCUT2D eigenvalue weighted by atomic mass is 10.2. The van der Waals surface area contributed by atoms with Crippen molar-refractivity contribution in [3.63, 3.8) is 0 Å². The monoisotopic (exact) mass is 279 g/mol. The summed E-state index contributed by atoms with van der Waals surface area (Å²) < 4.78 is 21.5. The number of quaternary nitrogens is 1. The second-order valence-electron chi connectivity index (χ2n) is 3.30. The van der Waals surface area contributed by atoms with Crippen LogP contribution in [0.5, 0.6) is 0 Å². The molecule has 0 aliphatic heterocycles. The molecule has 2 atom stereocenters. The molecule has 0 heterocycles. The van der Waals surface area contributed by atoms with Gasteiger partial charge in [-0.1, -0.05) is 13.3 Å². The summed E-state index contributed by atoms with van der Waals surface area (Å²) in [6.45, 7) is 2.21. The molecule has 0 saturated heterocycles. The van der Waals surface area contributed by atoms with Gasteiger partial charge in [0.2, 0.25) is 13.1 Å². The zero-order valence-electron chi connectivity index (χ0n) is 8.94. The first-order valence-corrected chi connectivity index (χ1v) is 7.94. The Labute approximate surface area is 93.7 Å². The molecule has 0 aromatic carbocycles. The van der Waals surface area contributed by atoms with E-state index in [0.29, 0.717) is 6.42 Å². The largest absolute Gasteiger partial charge is 0.774 e. The van der Waals surface area contributed by atoms with Crippen molar-refractivity contribution in [1.82, 2.24) is 0 Å². The van der Waals surface area contributed by atoms with Crippen LogP contribution in [-0.2, 0) is 9.13 Å². The summed E-state index contributed by atoms with van der Waals surface area (Å²) in [5.41, 5.74) is -2.07. The van der Waals surface area contributed by atoms with Crippen LogP contribution in [0.1, 0.15) is 26.2 Å². The lowest BCUT2D eigenvalue weighted by Crippen LogP contribution is -2.89. The van der Waals surface area contributed by atoms with E-state index in [0.717, 1.165) is 18.2 Å². The Balaban J connectivity index is 0. The van der Waals surface area contributed by atoms with Crippen molar-refractivity contribution in [2.75, 3.05) is 6.54 Å². The molecule has 0 aromatic heterocycles. The van der Waals surface area contributed by atoms with E-state index in [4.69, 9.17) is 14.7 Å². The molecule has 0 aliphatic rings. The standard InChI is InChI=1S/C6H17NO6P2.H2O/c1-2-3-4-5-7-6(14(8,9)10)15(11,12)13;/h6-7H,2-5H2,1H3,(H2,8,9,10)(H2,11,12,13);1H2. The van der Waals surface area contributed by atoms with E-state index >= 15 is 0 Å². The summed E-state index contributed by atoms with van der Waals surface area (Å²) >= 11 is 0. The summed E-state index contributed by atoms with van der Waals surface area (Å²) in [4.78, 5) is 36.8. The average Bonchev–Trinajstić information content (AvgIpc) is 1.99. The zero-order valence-corrected chi connectivity index (χ0v) is 10.7. The predicted molar refractivity (Wildman–Crippen MR) is 55.6 cm³/mol. The van der Waals surface area contributed by atoms with Crippen molar-refractivity contribution in [3.8, 4) is 0 Å². The topological polar surface area (TPSA) is 166 Å². The summed E-state index contributed by atoms with van der Waals surface area (Å²) in [7, 11) is -9.84. The number of hydrogen-bond acceptors (Lipinski definition) is 3. The van der Waals surface area contributed by atoms with E-state index in [1.54, 1.807) is 0 Å². The van der Waals surface area contributed by atoms with Gasteiger partial charge in [0, 0.05) is 0 Å². The maximum atomic E-state index is 10.8. The lowest BCUT2D eigenvalue weighted by Gasteiger charge is -2.25. The normalized spacial score (nSPS) is 17.3. The van der Waals surface area contributed by atoms with Gasteiger partial charge in [0.1, 0.15) is 0 Å². The van der Waals surface area contributed by atoms with Crippen LogP contribution in [0, 0.1) is 0 Å². The fourth-order valence-corrected chi connectivity index (χ4v) is 3.48. The van der Waals surface area contributed by atoms with Crippen molar-refractivity contribution in [2.45, 2.75) is 31.7 Å². The van der Waals surface area contributed by atoms with E-state index < -0.39 is 20.7 Å². The maximum absolute atomic E-state index is 10.8. The third-order valence-corrected chi connectivity index (χ3v) is 5.42. The van der Waals surface area contributed by atoms with Crippen molar-refractivity contribution >= 4 is 15.2 Å². The molecule has 1 unspecified atom stereocenters. The van der Waals surface area contributed by atoms with Crippen molar-refractivity contribution in [3.05, 3.63) is 0 Å². The van der Waals surface area contributed by atoms with E-state index in [-0.39, 0.29) is 12.0 Å². The van der Waals surface area contributed by atoms with Crippen LogP contribution in [-0.4, -0.2) is 32.2 Å². The molecule has 0 spiro atoms. The number of unbranched alkanes of at least 4 members (excludes halogenated alkanes) is 2. The molecule has 16 heavy (non-hydrogen) atoms. The number of hydrogen-bond donors (Lipinski definition) is 4. The fourth-order valence-electron chi connectivity index (χ4n) is 1.12. The highest BCUT2D eigenvalue weighted by Gasteiger charge is 2.40. The van der Waals surface area contributed by atoms with Gasteiger partial charge < -0.3 is 34.9 Å². The molecule has 0 aromatic rings. The van der Waals surface area contributed by atoms with Crippen LogP contribution in [0.3, 0.4) is 0 Å². The fraction of sp³-hybridized carbons (Fsp3) is 1.00. The van der Waals surface area contributed by atoms with Gasteiger partial charge in [-0.3, -0.25) is 4.57 Å². The van der Waals surface area contributed by atoms with Crippen LogP contribution in [0.25, 0.3) is 0 Å². The minimum absolute atomic E-state index is 0. The summed E-state index contributed by atoms with van der Waals surface area (Å²) in [6.07, 6.45) is 2.41. The van der Waals surface area contributed by atoms with Crippen LogP contribution in [0.15, 0.2) is 0 Å². The average molecular weight is 279 g/mol. The molecular formula is C6H19NO7P2. The highest BCUT2D eigenvalue weighted by Crippen LogP contribution is 2.53. The highest BCUT2D eigenvalue weighted by atomic mass is 31.2. The van der Waals surface area contributed by atoms with Crippen molar-refractivity contribution in [2.24, 2.45) is 0 Å². The SMILES string of the molecule is CCCCC[NH2+][C@H](P(=O)([O-])O)P(=O)(O)O.O. The Morgan fingerprint density at radius 2 is 1.75 bits per heavy atom. The van der Waals surface area contributed by atoms with Crippen LogP contribution >= 0.6 is 15.2 Å². The van der Waals surface area contributed by atoms with Gasteiger partial charge in [0.25, 0.3) is 0 Å². The molecular weight excluding hydrogens is 260 g/mol. The summed E-state index contributed by atoms with van der Waals surface area (Å²) in [5.74, 6) is 0. The smallest absolute Gasteiger partial charge is 0.391 e. The molecule has 0 fully saturated rings. The number of rotatable bonds is 7. The Kier molecular flexibility index (Phi) is 8.74. The molecule has 0 amide bonds. The first-order chi connectivity index (χ1) is 6.69. The second-order valence-corrected chi connectivity index (χ2v) is 7.12. The molecule has 0 aliphatic carbocycles. The Morgan fingerprint density at radius 3 is 2.06 bits per heavy atom. The van der Waals surface area contributed by atoms with E-state index in [9.17, 15) is 14.0 Å². The van der Waals surface area contributed by atoms with Gasteiger partial charge in [0.05, 0.1) is 6.54 Å². The third kappa shape index (κ3) is 7.49. The first kappa shape index (κ1) is 18.6. The maximum Gasteiger partial charge on any atom is 0.391 e. The van der Waals surface area contributed by atoms with Gasteiger partial charge in [0.15, 0.2) is 0 Å². The molecule has 0 bridgehead atoms. The minimum atomic E-state index is -5.01. The molecule has 0 rings (SSSR count). The van der Waals surface area contributed by atoms with Gasteiger partial charge in [-0.15, -0.1) is 0 Å². The van der Waals surface area contributed by atoms with Gasteiger partial charge >= 0.3 is 7.60 Å². The van der Waals surface area contributed by atoms with Crippen LogP contribution < -0.4 is 10.2 Å². The predicted octanol–water partition coefficient (Wildman–Crippen LogP) is -2.08. The van der Waals surface area contributed by atoms with Gasteiger partial charge in [-0.2, -0.15) is 0 Å². The van der Waals surface area contributed by atoms with Crippen molar-refractivity contribution < 1.29 is 39.5 Å². The highest BCUT2D eigenvalue weighted by molar-refractivity contribution is 7.69. The quantitative estimate of drug-likeness (QED) is 0.308. The molecule has 7 N–H and O–H groups in total. The van der Waals surface area contributed by atoms with E-state index in [1.807, 2.05) is 6.92 Å². The molecule has 0 saturated carbocycles. The Morgan fingerprint density at radius 1 is 1.25 bits per heavy atom. The molecule has 0 radical (unpaired) electrons. The first-order valence-electron chi connectivity index (χ1n) is 4.61. The Hall–Kier alpha value is 0.220. The van der Waals surface area contributed by atoms with Gasteiger partial charge in [-0.05, 0) is 12.8 Å². The van der Waals surface area contributed by atoms with Gasteiger partial charge in [-0.25, -0.2) is 0 Å².